The number of carbonyl (C=O) groups excluding carboxylic acids is 2. The predicted molar refractivity (Wildman–Crippen MR) is 138 cm³/mol. The third kappa shape index (κ3) is 5.66. The molecule has 0 atom stereocenters. The minimum Gasteiger partial charge on any atom is -0.366 e. The Morgan fingerprint density at radius 1 is 1.00 bits per heavy atom. The van der Waals surface area contributed by atoms with Crippen LogP contribution < -0.4 is 21.3 Å². The monoisotopic (exact) mass is 502 g/mol. The zero-order valence-corrected chi connectivity index (χ0v) is 20.2. The fourth-order valence-electron chi connectivity index (χ4n) is 4.50. The van der Waals surface area contributed by atoms with Gasteiger partial charge in [0, 0.05) is 37.0 Å². The van der Waals surface area contributed by atoms with Gasteiger partial charge in [-0.25, -0.2) is 13.9 Å². The van der Waals surface area contributed by atoms with Crippen molar-refractivity contribution in [2.45, 2.75) is 44.7 Å². The molecule has 11 heteroatoms. The third-order valence-electron chi connectivity index (χ3n) is 6.26. The summed E-state index contributed by atoms with van der Waals surface area (Å²) in [6.07, 6.45) is 7.31. The van der Waals surface area contributed by atoms with Crippen molar-refractivity contribution in [3.63, 3.8) is 0 Å². The van der Waals surface area contributed by atoms with Crippen molar-refractivity contribution >= 4 is 40.3 Å². The maximum Gasteiger partial charge on any atom is 0.276 e. The first-order chi connectivity index (χ1) is 18.0. The molecule has 1 saturated carbocycles. The molecular weight excluding hydrogens is 475 g/mol. The molecule has 0 radical (unpaired) electrons. The number of carbonyl (C=O) groups is 2. The number of fused-ring (bicyclic) bond motifs is 1. The molecule has 0 saturated heterocycles. The molecule has 3 heterocycles. The zero-order valence-electron chi connectivity index (χ0n) is 20.2. The van der Waals surface area contributed by atoms with Crippen molar-refractivity contribution in [3.8, 4) is 0 Å². The van der Waals surface area contributed by atoms with Crippen LogP contribution in [0.2, 0.25) is 0 Å². The van der Waals surface area contributed by atoms with Crippen molar-refractivity contribution < 1.29 is 14.0 Å². The number of para-hydroxylation sites is 1. The van der Waals surface area contributed by atoms with Crippen molar-refractivity contribution in [2.75, 3.05) is 16.0 Å². The van der Waals surface area contributed by atoms with Gasteiger partial charge in [0.15, 0.2) is 17.2 Å². The summed E-state index contributed by atoms with van der Waals surface area (Å²) in [5.41, 5.74) is 2.13. The molecule has 2 amide bonds. The van der Waals surface area contributed by atoms with Gasteiger partial charge in [0.2, 0.25) is 5.91 Å². The Balaban J connectivity index is 1.44. The van der Waals surface area contributed by atoms with Crippen molar-refractivity contribution in [1.82, 2.24) is 24.9 Å². The summed E-state index contributed by atoms with van der Waals surface area (Å²) in [7, 11) is 0. The molecule has 4 aromatic rings. The fraction of sp³-hybridized carbons (Fsp3) is 0.269. The summed E-state index contributed by atoms with van der Waals surface area (Å²) in [5, 5.41) is 17.0. The van der Waals surface area contributed by atoms with Crippen LogP contribution in [-0.4, -0.2) is 43.5 Å². The summed E-state index contributed by atoms with van der Waals surface area (Å²) in [6, 6.07) is 13.2. The molecule has 1 aliphatic rings. The Kier molecular flexibility index (Phi) is 6.93. The number of imidazole rings is 1. The van der Waals surface area contributed by atoms with Gasteiger partial charge in [0.1, 0.15) is 5.82 Å². The lowest BCUT2D eigenvalue weighted by Crippen LogP contribution is -2.39. The first-order valence-electron chi connectivity index (χ1n) is 12.1. The van der Waals surface area contributed by atoms with Crippen LogP contribution in [0.5, 0.6) is 0 Å². The van der Waals surface area contributed by atoms with Crippen molar-refractivity contribution in [1.29, 1.82) is 0 Å². The lowest BCUT2D eigenvalue weighted by atomic mass is 9.91. The molecule has 190 valence electrons. The van der Waals surface area contributed by atoms with E-state index in [-0.39, 0.29) is 29.4 Å². The van der Waals surface area contributed by atoms with Crippen LogP contribution in [0.25, 0.3) is 5.65 Å². The van der Waals surface area contributed by atoms with E-state index in [4.69, 9.17) is 0 Å². The Morgan fingerprint density at radius 2 is 1.76 bits per heavy atom. The second-order valence-electron chi connectivity index (χ2n) is 9.02. The molecule has 1 aliphatic carbocycles. The van der Waals surface area contributed by atoms with Crippen molar-refractivity contribution in [2.24, 2.45) is 0 Å². The Hall–Kier alpha value is -4.54. The van der Waals surface area contributed by atoms with Crippen LogP contribution in [0.1, 0.15) is 43.1 Å². The molecule has 3 aromatic heterocycles. The second-order valence-corrected chi connectivity index (χ2v) is 9.02. The molecule has 0 aliphatic heterocycles. The first kappa shape index (κ1) is 24.2. The highest BCUT2D eigenvalue weighted by Crippen LogP contribution is 2.27. The molecule has 10 nitrogen and oxygen atoms in total. The van der Waals surface area contributed by atoms with Gasteiger partial charge >= 0.3 is 0 Å². The number of amides is 2. The SMILES string of the molecule is CC(=O)N[C@H]1CC[C@H](Nc2cc(Nc3ccccc3)c3ncc(C(=O)Nc4ccncc4F)n3n2)CC1. The Bertz CT molecular complexity index is 1420. The van der Waals surface area contributed by atoms with E-state index in [1.165, 1.54) is 29.9 Å². The number of benzene rings is 1. The van der Waals surface area contributed by atoms with Gasteiger partial charge in [0.25, 0.3) is 5.91 Å². The maximum absolute atomic E-state index is 14.1. The normalized spacial score (nSPS) is 17.2. The zero-order chi connectivity index (χ0) is 25.8. The summed E-state index contributed by atoms with van der Waals surface area (Å²) in [5.74, 6) is -0.640. The largest absolute Gasteiger partial charge is 0.366 e. The van der Waals surface area contributed by atoms with Crippen LogP contribution in [0.3, 0.4) is 0 Å². The van der Waals surface area contributed by atoms with Gasteiger partial charge in [-0.15, -0.1) is 5.10 Å². The average Bonchev–Trinajstić information content (AvgIpc) is 3.31. The van der Waals surface area contributed by atoms with Gasteiger partial charge in [-0.3, -0.25) is 14.6 Å². The lowest BCUT2D eigenvalue weighted by molar-refractivity contribution is -0.119. The van der Waals surface area contributed by atoms with Gasteiger partial charge < -0.3 is 21.3 Å². The molecular formula is C26H27FN8O2. The number of nitrogens with one attached hydrogen (secondary N) is 4. The highest BCUT2D eigenvalue weighted by molar-refractivity contribution is 6.03. The number of anilines is 4. The van der Waals surface area contributed by atoms with E-state index in [2.05, 4.69) is 36.3 Å². The fourth-order valence-corrected chi connectivity index (χ4v) is 4.50. The molecule has 0 unspecified atom stereocenters. The van der Waals surface area contributed by atoms with Crippen LogP contribution in [0.4, 0.5) is 27.3 Å². The van der Waals surface area contributed by atoms with Crippen LogP contribution in [0.15, 0.2) is 61.1 Å². The number of aromatic nitrogens is 4. The molecule has 5 rings (SSSR count). The Labute approximate surface area is 212 Å². The van der Waals surface area contributed by atoms with E-state index in [1.807, 2.05) is 36.4 Å². The third-order valence-corrected chi connectivity index (χ3v) is 6.26. The number of hydrogen-bond donors (Lipinski definition) is 4. The topological polar surface area (TPSA) is 125 Å². The Morgan fingerprint density at radius 3 is 2.49 bits per heavy atom. The molecule has 1 aromatic carbocycles. The van der Waals surface area contributed by atoms with Gasteiger partial charge in [-0.1, -0.05) is 18.2 Å². The summed E-state index contributed by atoms with van der Waals surface area (Å²) in [6.45, 7) is 1.53. The van der Waals surface area contributed by atoms with E-state index >= 15 is 0 Å². The van der Waals surface area contributed by atoms with Gasteiger partial charge in [0.05, 0.1) is 23.8 Å². The van der Waals surface area contributed by atoms with E-state index in [1.54, 1.807) is 0 Å². The van der Waals surface area contributed by atoms with Crippen LogP contribution in [0, 0.1) is 5.82 Å². The van der Waals surface area contributed by atoms with Gasteiger partial charge in [-0.05, 0) is 43.9 Å². The van der Waals surface area contributed by atoms with Crippen LogP contribution in [-0.2, 0) is 4.79 Å². The minimum atomic E-state index is -0.638. The smallest absolute Gasteiger partial charge is 0.276 e. The highest BCUT2D eigenvalue weighted by Gasteiger charge is 2.23. The molecule has 0 spiro atoms. The van der Waals surface area contributed by atoms with Crippen molar-refractivity contribution in [3.05, 3.63) is 72.6 Å². The van der Waals surface area contributed by atoms with E-state index in [0.717, 1.165) is 37.6 Å². The number of nitrogens with zero attached hydrogens (tertiary/aromatic N) is 4. The number of halogens is 1. The van der Waals surface area contributed by atoms with E-state index in [9.17, 15) is 14.0 Å². The number of pyridine rings is 1. The quantitative estimate of drug-likeness (QED) is 0.300. The summed E-state index contributed by atoms with van der Waals surface area (Å²) in [4.78, 5) is 32.6. The number of hydrogen-bond acceptors (Lipinski definition) is 7. The highest BCUT2D eigenvalue weighted by atomic mass is 19.1. The van der Waals surface area contributed by atoms with E-state index < -0.39 is 11.7 Å². The average molecular weight is 503 g/mol. The molecule has 0 bridgehead atoms. The maximum atomic E-state index is 14.1. The van der Waals surface area contributed by atoms with E-state index in [0.29, 0.717) is 17.2 Å². The lowest BCUT2D eigenvalue weighted by Gasteiger charge is -2.29. The number of rotatable bonds is 7. The first-order valence-corrected chi connectivity index (χ1v) is 12.1. The van der Waals surface area contributed by atoms with Gasteiger partial charge in [-0.2, -0.15) is 0 Å². The molecule has 37 heavy (non-hydrogen) atoms. The standard InChI is InChI=1S/C26H27FN8O2/c1-16(36)30-18-7-9-19(10-8-18)32-24-13-22(31-17-5-3-2-4-6-17)25-29-15-23(35(25)34-24)26(37)33-21-11-12-28-14-20(21)27/h2-6,11-15,18-19,31H,7-10H2,1H3,(H,30,36)(H,32,34)(H,28,33,37)/t18-,19-. The second kappa shape index (κ2) is 10.6. The predicted octanol–water partition coefficient (Wildman–Crippen LogP) is 4.12. The summed E-state index contributed by atoms with van der Waals surface area (Å²) < 4.78 is 15.5. The van der Waals surface area contributed by atoms with Crippen LogP contribution >= 0.6 is 0 Å². The summed E-state index contributed by atoms with van der Waals surface area (Å²) >= 11 is 0. The molecule has 4 N–H and O–H groups in total. The molecule has 1 fully saturated rings. The minimum absolute atomic E-state index is 0.0160.